The maximum atomic E-state index is 4.97. The molecule has 0 radical (unpaired) electrons. The minimum Gasteiger partial charge on any atom is -0.364 e. The van der Waals surface area contributed by atoms with Gasteiger partial charge in [0.15, 0.2) is 11.4 Å². The number of rotatable bonds is 4. The fourth-order valence-electron chi connectivity index (χ4n) is 0.685. The van der Waals surface area contributed by atoms with Crippen LogP contribution < -0.4 is 10.7 Å². The molecule has 0 aromatic rings. The van der Waals surface area contributed by atoms with Crippen LogP contribution in [-0.4, -0.2) is 38.4 Å². The third-order valence-corrected chi connectivity index (χ3v) is 1.63. The van der Waals surface area contributed by atoms with Gasteiger partial charge in [-0.05, 0) is 19.1 Å². The molecule has 76 valence electrons. The van der Waals surface area contributed by atoms with Gasteiger partial charge in [0.1, 0.15) is 0 Å². The first kappa shape index (κ1) is 12.3. The highest BCUT2D eigenvalue weighted by Gasteiger charge is 2.08. The van der Waals surface area contributed by atoms with Crippen molar-refractivity contribution in [3.05, 3.63) is 0 Å². The Morgan fingerprint density at radius 2 is 1.92 bits per heavy atom. The molecule has 0 amide bonds. The average Bonchev–Trinajstić information content (AvgIpc) is 2.16. The van der Waals surface area contributed by atoms with Crippen molar-refractivity contribution in [2.75, 3.05) is 21.3 Å². The number of hydrogen-bond donors (Lipinski definition) is 2. The summed E-state index contributed by atoms with van der Waals surface area (Å²) in [6, 6.07) is 0. The smallest absolute Gasteiger partial charge is 0.198 e. The third-order valence-electron chi connectivity index (χ3n) is 1.33. The van der Waals surface area contributed by atoms with E-state index in [1.807, 2.05) is 0 Å². The van der Waals surface area contributed by atoms with Gasteiger partial charge in [-0.25, -0.2) is 0 Å². The highest BCUT2D eigenvalue weighted by Crippen LogP contribution is 1.93. The Kier molecular flexibility index (Phi) is 6.38. The van der Waals surface area contributed by atoms with E-state index in [0.717, 1.165) is 0 Å². The van der Waals surface area contributed by atoms with E-state index in [0.29, 0.717) is 10.8 Å². The van der Waals surface area contributed by atoms with E-state index in [2.05, 4.69) is 15.8 Å². The van der Waals surface area contributed by atoms with Crippen LogP contribution in [0.2, 0.25) is 0 Å². The molecule has 0 bridgehead atoms. The molecule has 0 fully saturated rings. The van der Waals surface area contributed by atoms with E-state index in [4.69, 9.17) is 21.7 Å². The lowest BCUT2D eigenvalue weighted by molar-refractivity contribution is -0.0525. The van der Waals surface area contributed by atoms with E-state index >= 15 is 0 Å². The summed E-state index contributed by atoms with van der Waals surface area (Å²) in [4.78, 5) is 0. The number of hydrogen-bond acceptors (Lipinski definition) is 4. The van der Waals surface area contributed by atoms with Gasteiger partial charge in [-0.3, -0.25) is 5.43 Å². The molecule has 2 N–H and O–H groups in total. The molecule has 0 saturated carbocycles. The summed E-state index contributed by atoms with van der Waals surface area (Å²) in [5, 5.41) is 7.13. The lowest BCUT2D eigenvalue weighted by Crippen LogP contribution is -2.32. The second-order valence-electron chi connectivity index (χ2n) is 2.25. The largest absolute Gasteiger partial charge is 0.364 e. The van der Waals surface area contributed by atoms with E-state index in [1.54, 1.807) is 28.2 Å². The fourth-order valence-corrected chi connectivity index (χ4v) is 0.731. The van der Waals surface area contributed by atoms with Crippen molar-refractivity contribution in [2.24, 2.45) is 5.10 Å². The van der Waals surface area contributed by atoms with Gasteiger partial charge in [-0.15, -0.1) is 0 Å². The number of nitrogens with one attached hydrogen (secondary N) is 2. The fraction of sp³-hybridized carbons (Fsp3) is 0.714. The van der Waals surface area contributed by atoms with Crippen molar-refractivity contribution in [2.45, 2.75) is 13.2 Å². The first-order valence-corrected chi connectivity index (χ1v) is 4.14. The van der Waals surface area contributed by atoms with Crippen LogP contribution in [0.1, 0.15) is 6.92 Å². The van der Waals surface area contributed by atoms with Gasteiger partial charge in [-0.1, -0.05) is 0 Å². The summed E-state index contributed by atoms with van der Waals surface area (Å²) >= 11 is 4.82. The molecular weight excluding hydrogens is 190 g/mol. The number of nitrogens with zero attached hydrogens (tertiary/aromatic N) is 1. The molecule has 13 heavy (non-hydrogen) atoms. The van der Waals surface area contributed by atoms with Crippen LogP contribution in [0.25, 0.3) is 0 Å². The van der Waals surface area contributed by atoms with Gasteiger partial charge < -0.3 is 14.8 Å². The van der Waals surface area contributed by atoms with Crippen LogP contribution >= 0.6 is 12.2 Å². The number of methoxy groups -OCH3 is 2. The Bertz CT molecular complexity index is 192. The van der Waals surface area contributed by atoms with E-state index in [-0.39, 0.29) is 0 Å². The van der Waals surface area contributed by atoms with Gasteiger partial charge in [0.05, 0.1) is 5.71 Å². The number of hydrazone groups is 1. The molecule has 0 aliphatic heterocycles. The predicted octanol–water partition coefficient (Wildman–Crippen LogP) is 0.0751. The predicted molar refractivity (Wildman–Crippen MR) is 55.7 cm³/mol. The summed E-state index contributed by atoms with van der Waals surface area (Å²) < 4.78 is 9.94. The van der Waals surface area contributed by atoms with Gasteiger partial charge >= 0.3 is 0 Å². The number of thiocarbonyl (C=S) groups is 1. The molecule has 0 spiro atoms. The van der Waals surface area contributed by atoms with Crippen LogP contribution in [0.15, 0.2) is 5.10 Å². The Hall–Kier alpha value is -0.720. The van der Waals surface area contributed by atoms with Gasteiger partial charge in [0.2, 0.25) is 0 Å². The first-order chi connectivity index (χ1) is 6.15. The maximum Gasteiger partial charge on any atom is 0.198 e. The zero-order chi connectivity index (χ0) is 10.3. The van der Waals surface area contributed by atoms with E-state index in [9.17, 15) is 0 Å². The molecule has 0 atom stereocenters. The van der Waals surface area contributed by atoms with Crippen molar-refractivity contribution in [3.8, 4) is 0 Å². The van der Waals surface area contributed by atoms with Crippen LogP contribution in [-0.2, 0) is 9.47 Å². The molecular formula is C7H15N3O2S. The van der Waals surface area contributed by atoms with Crippen molar-refractivity contribution in [1.29, 1.82) is 0 Å². The normalized spacial score (nSPS) is 11.6. The van der Waals surface area contributed by atoms with Crippen molar-refractivity contribution in [1.82, 2.24) is 10.7 Å². The van der Waals surface area contributed by atoms with Gasteiger partial charge in [0, 0.05) is 21.3 Å². The SMILES string of the molecule is CNC(=S)N/N=C(\C)C(OC)OC. The molecule has 0 aromatic heterocycles. The monoisotopic (exact) mass is 205 g/mol. The van der Waals surface area contributed by atoms with Gasteiger partial charge in [0.25, 0.3) is 0 Å². The quantitative estimate of drug-likeness (QED) is 0.294. The van der Waals surface area contributed by atoms with Crippen LogP contribution in [0.5, 0.6) is 0 Å². The molecule has 0 rings (SSSR count). The van der Waals surface area contributed by atoms with Crippen molar-refractivity contribution < 1.29 is 9.47 Å². The molecule has 0 aliphatic rings. The second kappa shape index (κ2) is 6.76. The Labute approximate surface area is 83.5 Å². The molecule has 0 heterocycles. The van der Waals surface area contributed by atoms with Crippen molar-refractivity contribution >= 4 is 23.0 Å². The van der Waals surface area contributed by atoms with Crippen LogP contribution in [0, 0.1) is 0 Å². The Balaban J connectivity index is 4.06. The topological polar surface area (TPSA) is 54.9 Å². The summed E-state index contributed by atoms with van der Waals surface area (Å²) in [5.41, 5.74) is 3.30. The van der Waals surface area contributed by atoms with Crippen LogP contribution in [0.3, 0.4) is 0 Å². The summed E-state index contributed by atoms with van der Waals surface area (Å²) in [7, 11) is 4.80. The maximum absolute atomic E-state index is 4.97. The minimum atomic E-state index is -0.438. The lowest BCUT2D eigenvalue weighted by Gasteiger charge is -2.12. The average molecular weight is 205 g/mol. The molecule has 0 saturated heterocycles. The molecule has 6 heteroatoms. The lowest BCUT2D eigenvalue weighted by atomic mass is 10.4. The molecule has 0 aliphatic carbocycles. The van der Waals surface area contributed by atoms with E-state index < -0.39 is 6.29 Å². The number of ether oxygens (including phenoxy) is 2. The summed E-state index contributed by atoms with van der Waals surface area (Å²) in [6.45, 7) is 1.78. The first-order valence-electron chi connectivity index (χ1n) is 3.73. The van der Waals surface area contributed by atoms with E-state index in [1.165, 1.54) is 0 Å². The molecule has 0 aromatic carbocycles. The highest BCUT2D eigenvalue weighted by molar-refractivity contribution is 7.80. The van der Waals surface area contributed by atoms with Crippen molar-refractivity contribution in [3.63, 3.8) is 0 Å². The summed E-state index contributed by atoms with van der Waals surface area (Å²) in [6.07, 6.45) is -0.438. The zero-order valence-electron chi connectivity index (χ0n) is 8.25. The van der Waals surface area contributed by atoms with Crippen LogP contribution in [0.4, 0.5) is 0 Å². The zero-order valence-corrected chi connectivity index (χ0v) is 9.07. The second-order valence-corrected chi connectivity index (χ2v) is 2.66. The highest BCUT2D eigenvalue weighted by atomic mass is 32.1. The molecule has 5 nitrogen and oxygen atoms in total. The minimum absolute atomic E-state index is 0.438. The third kappa shape index (κ3) is 4.76. The Morgan fingerprint density at radius 3 is 2.31 bits per heavy atom. The summed E-state index contributed by atoms with van der Waals surface area (Å²) in [5.74, 6) is 0. The standard InChI is InChI=1S/C7H15N3O2S/c1-5(6(11-3)12-4)9-10-7(13)8-2/h6H,1-4H3,(H2,8,10,13)/b9-5+. The van der Waals surface area contributed by atoms with Gasteiger partial charge in [-0.2, -0.15) is 5.10 Å². The Morgan fingerprint density at radius 1 is 1.38 bits per heavy atom. The molecule has 0 unspecified atom stereocenters.